The molecular weight excluding hydrogens is 305 g/mol. The van der Waals surface area contributed by atoms with Crippen LogP contribution < -0.4 is 0 Å². The molecule has 0 unspecified atom stereocenters. The molecule has 2 aromatic heterocycles. The normalized spacial score (nSPS) is 11.3. The third kappa shape index (κ3) is 2.15. The van der Waals surface area contributed by atoms with Gasteiger partial charge in [0.05, 0.1) is 22.1 Å². The lowest BCUT2D eigenvalue weighted by molar-refractivity contribution is 1.31. The van der Waals surface area contributed by atoms with Crippen molar-refractivity contribution in [3.8, 4) is 11.4 Å². The van der Waals surface area contributed by atoms with Gasteiger partial charge in [-0.05, 0) is 30.3 Å². The van der Waals surface area contributed by atoms with Crippen LogP contribution in [0.2, 0.25) is 10.2 Å². The molecule has 4 aromatic rings. The predicted molar refractivity (Wildman–Crippen MR) is 86.9 cm³/mol. The predicted octanol–water partition coefficient (Wildman–Crippen LogP) is 5.08. The van der Waals surface area contributed by atoms with E-state index in [1.165, 1.54) is 0 Å². The van der Waals surface area contributed by atoms with E-state index in [-0.39, 0.29) is 0 Å². The van der Waals surface area contributed by atoms with Gasteiger partial charge in [0.1, 0.15) is 11.0 Å². The number of para-hydroxylation sites is 2. The highest BCUT2D eigenvalue weighted by molar-refractivity contribution is 6.33. The van der Waals surface area contributed by atoms with E-state index in [4.69, 9.17) is 23.2 Å². The molecule has 102 valence electrons. The summed E-state index contributed by atoms with van der Waals surface area (Å²) in [5, 5.41) is 2.02. The summed E-state index contributed by atoms with van der Waals surface area (Å²) in [6.45, 7) is 0. The molecule has 1 N–H and O–H groups in total. The number of aromatic nitrogens is 3. The summed E-state index contributed by atoms with van der Waals surface area (Å²) in [4.78, 5) is 12.2. The van der Waals surface area contributed by atoms with Crippen molar-refractivity contribution in [2.24, 2.45) is 0 Å². The second-order valence-corrected chi connectivity index (χ2v) is 5.56. The topological polar surface area (TPSA) is 41.6 Å². The standard InChI is InChI=1S/C16H9Cl2N3/c17-10-6-5-9-7-11(15(18)19-14(9)8-10)16-20-12-3-1-2-4-13(12)21-16/h1-8H,(H,20,21). The molecule has 0 saturated heterocycles. The largest absolute Gasteiger partial charge is 0.338 e. The van der Waals surface area contributed by atoms with Crippen LogP contribution in [0.25, 0.3) is 33.3 Å². The molecule has 3 nitrogen and oxygen atoms in total. The summed E-state index contributed by atoms with van der Waals surface area (Å²) in [5.41, 5.74) is 3.43. The maximum absolute atomic E-state index is 6.30. The van der Waals surface area contributed by atoms with Crippen LogP contribution in [-0.2, 0) is 0 Å². The average Bonchev–Trinajstić information content (AvgIpc) is 2.90. The van der Waals surface area contributed by atoms with E-state index in [0.29, 0.717) is 16.0 Å². The molecular formula is C16H9Cl2N3. The summed E-state index contributed by atoms with van der Waals surface area (Å²) in [7, 11) is 0. The van der Waals surface area contributed by atoms with Crippen LogP contribution in [0.4, 0.5) is 0 Å². The summed E-state index contributed by atoms with van der Waals surface area (Å²) < 4.78 is 0. The Bertz CT molecular complexity index is 943. The molecule has 2 heterocycles. The Morgan fingerprint density at radius 3 is 2.57 bits per heavy atom. The number of hydrogen-bond acceptors (Lipinski definition) is 2. The van der Waals surface area contributed by atoms with Gasteiger partial charge in [-0.25, -0.2) is 9.97 Å². The van der Waals surface area contributed by atoms with E-state index in [9.17, 15) is 0 Å². The fourth-order valence-corrected chi connectivity index (χ4v) is 2.76. The second-order valence-electron chi connectivity index (χ2n) is 4.77. The van der Waals surface area contributed by atoms with Crippen molar-refractivity contribution in [3.63, 3.8) is 0 Å². The Morgan fingerprint density at radius 1 is 0.857 bits per heavy atom. The quantitative estimate of drug-likeness (QED) is 0.497. The molecule has 4 rings (SSSR count). The van der Waals surface area contributed by atoms with E-state index in [0.717, 1.165) is 27.5 Å². The number of pyridine rings is 1. The van der Waals surface area contributed by atoms with Gasteiger partial charge in [-0.3, -0.25) is 0 Å². The van der Waals surface area contributed by atoms with Crippen LogP contribution in [0.3, 0.4) is 0 Å². The first-order chi connectivity index (χ1) is 10.2. The number of imidazole rings is 1. The number of nitrogens with zero attached hydrogens (tertiary/aromatic N) is 2. The fraction of sp³-hybridized carbons (Fsp3) is 0. The molecule has 0 radical (unpaired) electrons. The van der Waals surface area contributed by atoms with Gasteiger partial charge in [0.15, 0.2) is 0 Å². The van der Waals surface area contributed by atoms with Crippen molar-refractivity contribution < 1.29 is 0 Å². The number of halogens is 2. The number of hydrogen-bond donors (Lipinski definition) is 1. The van der Waals surface area contributed by atoms with Crippen LogP contribution >= 0.6 is 23.2 Å². The molecule has 0 aliphatic rings. The summed E-state index contributed by atoms with van der Waals surface area (Å²) >= 11 is 12.3. The third-order valence-corrected chi connectivity index (χ3v) is 3.90. The Hall–Kier alpha value is -2.10. The highest BCUT2D eigenvalue weighted by Gasteiger charge is 2.11. The van der Waals surface area contributed by atoms with Gasteiger partial charge in [-0.2, -0.15) is 0 Å². The first-order valence-corrected chi connectivity index (χ1v) is 7.17. The van der Waals surface area contributed by atoms with Crippen molar-refractivity contribution in [3.05, 3.63) is 58.7 Å². The third-order valence-electron chi connectivity index (χ3n) is 3.38. The van der Waals surface area contributed by atoms with Crippen molar-refractivity contribution in [2.45, 2.75) is 0 Å². The van der Waals surface area contributed by atoms with E-state index >= 15 is 0 Å². The minimum atomic E-state index is 0.406. The zero-order valence-corrected chi connectivity index (χ0v) is 12.3. The van der Waals surface area contributed by atoms with Crippen LogP contribution in [0.15, 0.2) is 48.5 Å². The molecule has 0 saturated carbocycles. The summed E-state index contributed by atoms with van der Waals surface area (Å²) in [6.07, 6.45) is 0. The molecule has 0 amide bonds. The zero-order valence-electron chi connectivity index (χ0n) is 10.8. The van der Waals surface area contributed by atoms with Gasteiger partial charge >= 0.3 is 0 Å². The minimum Gasteiger partial charge on any atom is -0.338 e. The summed E-state index contributed by atoms with van der Waals surface area (Å²) in [6, 6.07) is 15.4. The van der Waals surface area contributed by atoms with Gasteiger partial charge < -0.3 is 4.98 Å². The van der Waals surface area contributed by atoms with Gasteiger partial charge in [-0.1, -0.05) is 41.4 Å². The summed E-state index contributed by atoms with van der Waals surface area (Å²) in [5.74, 6) is 0.713. The SMILES string of the molecule is Clc1ccc2cc(-c3nc4ccccc4[nH]3)c(Cl)nc2c1. The molecule has 0 aliphatic heterocycles. The lowest BCUT2D eigenvalue weighted by atomic mass is 10.1. The molecule has 0 spiro atoms. The Kier molecular flexibility index (Phi) is 2.84. The monoisotopic (exact) mass is 313 g/mol. The van der Waals surface area contributed by atoms with Crippen molar-refractivity contribution in [2.75, 3.05) is 0 Å². The lowest BCUT2D eigenvalue weighted by Crippen LogP contribution is -1.88. The van der Waals surface area contributed by atoms with Crippen LogP contribution in [0.5, 0.6) is 0 Å². The van der Waals surface area contributed by atoms with E-state index < -0.39 is 0 Å². The molecule has 21 heavy (non-hydrogen) atoms. The highest BCUT2D eigenvalue weighted by Crippen LogP contribution is 2.30. The number of fused-ring (bicyclic) bond motifs is 2. The number of nitrogens with one attached hydrogen (secondary N) is 1. The van der Waals surface area contributed by atoms with Gasteiger partial charge in [0.25, 0.3) is 0 Å². The van der Waals surface area contributed by atoms with Crippen molar-refractivity contribution in [1.29, 1.82) is 0 Å². The van der Waals surface area contributed by atoms with Gasteiger partial charge in [0.2, 0.25) is 0 Å². The molecule has 2 aromatic carbocycles. The first-order valence-electron chi connectivity index (χ1n) is 6.42. The van der Waals surface area contributed by atoms with Gasteiger partial charge in [-0.15, -0.1) is 0 Å². The van der Waals surface area contributed by atoms with E-state index in [2.05, 4.69) is 15.0 Å². The Morgan fingerprint density at radius 2 is 1.71 bits per heavy atom. The van der Waals surface area contributed by atoms with E-state index in [1.54, 1.807) is 6.07 Å². The Labute approximate surface area is 130 Å². The minimum absolute atomic E-state index is 0.406. The molecule has 0 atom stereocenters. The fourth-order valence-electron chi connectivity index (χ4n) is 2.36. The van der Waals surface area contributed by atoms with Gasteiger partial charge in [0, 0.05) is 10.4 Å². The number of benzene rings is 2. The smallest absolute Gasteiger partial charge is 0.141 e. The maximum atomic E-state index is 6.30. The van der Waals surface area contributed by atoms with Crippen LogP contribution in [0, 0.1) is 0 Å². The maximum Gasteiger partial charge on any atom is 0.141 e. The number of rotatable bonds is 1. The Balaban J connectivity index is 1.96. The lowest BCUT2D eigenvalue weighted by Gasteiger charge is -2.04. The number of aromatic amines is 1. The van der Waals surface area contributed by atoms with Crippen LogP contribution in [0.1, 0.15) is 0 Å². The average molecular weight is 314 g/mol. The van der Waals surface area contributed by atoms with Crippen LogP contribution in [-0.4, -0.2) is 15.0 Å². The van der Waals surface area contributed by atoms with Crippen molar-refractivity contribution in [1.82, 2.24) is 15.0 Å². The second kappa shape index (κ2) is 4.72. The zero-order chi connectivity index (χ0) is 14.4. The molecule has 5 heteroatoms. The molecule has 0 fully saturated rings. The number of H-pyrrole nitrogens is 1. The first kappa shape index (κ1) is 12.6. The van der Waals surface area contributed by atoms with E-state index in [1.807, 2.05) is 42.5 Å². The molecule has 0 bridgehead atoms. The highest BCUT2D eigenvalue weighted by atomic mass is 35.5. The molecule has 0 aliphatic carbocycles. The van der Waals surface area contributed by atoms with Crippen molar-refractivity contribution >= 4 is 45.1 Å².